The van der Waals surface area contributed by atoms with E-state index in [4.69, 9.17) is 4.74 Å². The van der Waals surface area contributed by atoms with Gasteiger partial charge in [0.05, 0.1) is 12.0 Å². The van der Waals surface area contributed by atoms with Gasteiger partial charge in [0.15, 0.2) is 0 Å². The summed E-state index contributed by atoms with van der Waals surface area (Å²) in [5.74, 6) is 0.564. The van der Waals surface area contributed by atoms with Crippen LogP contribution in [0.1, 0.15) is 18.5 Å². The first kappa shape index (κ1) is 18.8. The van der Waals surface area contributed by atoms with Gasteiger partial charge in [-0.15, -0.1) is 11.3 Å². The number of carbonyl (C=O) groups is 1. The molecular formula is C20H21N3O3S. The summed E-state index contributed by atoms with van der Waals surface area (Å²) in [4.78, 5) is 25.6. The van der Waals surface area contributed by atoms with E-state index in [-0.39, 0.29) is 11.5 Å². The fraction of sp³-hybridized carbons (Fsp3) is 0.250. The van der Waals surface area contributed by atoms with Gasteiger partial charge in [0, 0.05) is 12.6 Å². The number of benzene rings is 1. The molecule has 3 aromatic rings. The molecular weight excluding hydrogens is 362 g/mol. The van der Waals surface area contributed by atoms with Crippen LogP contribution in [0.4, 0.5) is 0 Å². The number of methoxy groups -OCH3 is 1. The number of hydrogen-bond donors (Lipinski definition) is 1. The lowest BCUT2D eigenvalue weighted by Gasteiger charge is -2.14. The molecule has 0 radical (unpaired) electrons. The first-order valence-electron chi connectivity index (χ1n) is 8.63. The van der Waals surface area contributed by atoms with Crippen LogP contribution in [0.5, 0.6) is 5.75 Å². The van der Waals surface area contributed by atoms with E-state index >= 15 is 0 Å². The number of hydrogen-bond acceptors (Lipinski definition) is 5. The number of nitrogens with zero attached hydrogens (tertiary/aromatic N) is 2. The number of amides is 1. The number of carbonyl (C=O) groups excluding carboxylic acids is 1. The molecule has 0 bridgehead atoms. The molecule has 0 spiro atoms. The topological polar surface area (TPSA) is 73.2 Å². The predicted octanol–water partition coefficient (Wildman–Crippen LogP) is 2.90. The fourth-order valence-electron chi connectivity index (χ4n) is 2.64. The van der Waals surface area contributed by atoms with Crippen LogP contribution in [0.3, 0.4) is 0 Å². The Balaban J connectivity index is 1.63. The van der Waals surface area contributed by atoms with Gasteiger partial charge in [-0.3, -0.25) is 9.59 Å². The minimum atomic E-state index is -0.687. The largest absolute Gasteiger partial charge is 0.497 e. The summed E-state index contributed by atoms with van der Waals surface area (Å²) in [7, 11) is 1.63. The van der Waals surface area contributed by atoms with Crippen LogP contribution in [0.25, 0.3) is 10.6 Å². The van der Waals surface area contributed by atoms with Crippen molar-refractivity contribution in [3.8, 4) is 16.3 Å². The van der Waals surface area contributed by atoms with Gasteiger partial charge in [-0.2, -0.15) is 5.10 Å². The Morgan fingerprint density at radius 2 is 2.00 bits per heavy atom. The van der Waals surface area contributed by atoms with E-state index < -0.39 is 6.04 Å². The molecule has 2 heterocycles. The van der Waals surface area contributed by atoms with E-state index in [0.29, 0.717) is 18.7 Å². The van der Waals surface area contributed by atoms with Crippen LogP contribution in [-0.4, -0.2) is 29.3 Å². The summed E-state index contributed by atoms with van der Waals surface area (Å²) in [6.07, 6.45) is 0.694. The smallest absolute Gasteiger partial charge is 0.267 e. The maximum atomic E-state index is 12.5. The van der Waals surface area contributed by atoms with Crippen LogP contribution in [0, 0.1) is 0 Å². The Hall–Kier alpha value is -2.93. The standard InChI is InChI=1S/C20H21N3O3S/c1-14(20(25)21-12-11-15-5-7-16(26-2)8-6-15)23-19(24)10-9-17(22-23)18-4-3-13-27-18/h3-10,13-14H,11-12H2,1-2H3,(H,21,25). The molecule has 140 valence electrons. The zero-order valence-electron chi connectivity index (χ0n) is 15.2. The molecule has 0 aliphatic rings. The van der Waals surface area contributed by atoms with Crippen molar-refractivity contribution < 1.29 is 9.53 Å². The van der Waals surface area contributed by atoms with Crippen molar-refractivity contribution in [1.82, 2.24) is 15.1 Å². The van der Waals surface area contributed by atoms with E-state index in [1.165, 1.54) is 22.1 Å². The number of aromatic nitrogens is 2. The normalized spacial score (nSPS) is 11.8. The monoisotopic (exact) mass is 383 g/mol. The molecule has 2 aromatic heterocycles. The number of ether oxygens (including phenoxy) is 1. The number of nitrogens with one attached hydrogen (secondary N) is 1. The zero-order valence-corrected chi connectivity index (χ0v) is 16.0. The number of rotatable bonds is 7. The molecule has 3 rings (SSSR count). The fourth-order valence-corrected chi connectivity index (χ4v) is 3.33. The van der Waals surface area contributed by atoms with Crippen molar-refractivity contribution in [1.29, 1.82) is 0 Å². The Bertz CT molecular complexity index is 949. The van der Waals surface area contributed by atoms with Gasteiger partial charge in [-0.25, -0.2) is 4.68 Å². The third kappa shape index (κ3) is 4.62. The molecule has 27 heavy (non-hydrogen) atoms. The van der Waals surface area contributed by atoms with Crippen molar-refractivity contribution >= 4 is 17.2 Å². The van der Waals surface area contributed by atoms with Gasteiger partial charge in [-0.1, -0.05) is 18.2 Å². The summed E-state index contributed by atoms with van der Waals surface area (Å²) in [6.45, 7) is 2.16. The molecule has 0 aliphatic carbocycles. The van der Waals surface area contributed by atoms with E-state index in [1.807, 2.05) is 41.8 Å². The van der Waals surface area contributed by atoms with Gasteiger partial charge in [0.2, 0.25) is 5.91 Å². The average Bonchev–Trinajstić information content (AvgIpc) is 3.23. The van der Waals surface area contributed by atoms with Gasteiger partial charge in [-0.05, 0) is 48.6 Å². The summed E-state index contributed by atoms with van der Waals surface area (Å²) in [5, 5.41) is 9.18. The molecule has 1 unspecified atom stereocenters. The SMILES string of the molecule is COc1ccc(CCNC(=O)C(C)n2nc(-c3cccs3)ccc2=O)cc1. The summed E-state index contributed by atoms with van der Waals surface area (Å²) in [5.41, 5.74) is 1.48. The second kappa shape index (κ2) is 8.64. The third-order valence-corrected chi connectivity index (χ3v) is 5.11. The van der Waals surface area contributed by atoms with Crippen LogP contribution in [0.15, 0.2) is 58.7 Å². The molecule has 1 N–H and O–H groups in total. The van der Waals surface area contributed by atoms with Crippen molar-refractivity contribution in [3.63, 3.8) is 0 Å². The van der Waals surface area contributed by atoms with Crippen molar-refractivity contribution in [2.45, 2.75) is 19.4 Å². The predicted molar refractivity (Wildman–Crippen MR) is 106 cm³/mol. The van der Waals surface area contributed by atoms with Gasteiger partial charge in [0.1, 0.15) is 17.5 Å². The Kier molecular flexibility index (Phi) is 6.03. The van der Waals surface area contributed by atoms with Crippen LogP contribution in [-0.2, 0) is 11.2 Å². The number of thiophene rings is 1. The molecule has 0 aliphatic heterocycles. The molecule has 0 saturated heterocycles. The second-order valence-corrected chi connectivity index (χ2v) is 6.99. The zero-order chi connectivity index (χ0) is 19.2. The average molecular weight is 383 g/mol. The van der Waals surface area contributed by atoms with Crippen molar-refractivity contribution in [2.24, 2.45) is 0 Å². The van der Waals surface area contributed by atoms with E-state index in [9.17, 15) is 9.59 Å². The van der Waals surface area contributed by atoms with Crippen molar-refractivity contribution in [2.75, 3.05) is 13.7 Å². The Labute approximate surface area is 161 Å². The maximum Gasteiger partial charge on any atom is 0.267 e. The quantitative estimate of drug-likeness (QED) is 0.681. The highest BCUT2D eigenvalue weighted by Crippen LogP contribution is 2.21. The lowest BCUT2D eigenvalue weighted by atomic mass is 10.1. The molecule has 1 aromatic carbocycles. The lowest BCUT2D eigenvalue weighted by Crippen LogP contribution is -2.37. The Morgan fingerprint density at radius 1 is 1.22 bits per heavy atom. The van der Waals surface area contributed by atoms with Gasteiger partial charge in [0.25, 0.3) is 5.56 Å². The Morgan fingerprint density at radius 3 is 2.67 bits per heavy atom. The molecule has 0 fully saturated rings. The summed E-state index contributed by atoms with van der Waals surface area (Å²) in [6, 6.07) is 14.0. The van der Waals surface area contributed by atoms with E-state index in [1.54, 1.807) is 20.1 Å². The summed E-state index contributed by atoms with van der Waals surface area (Å²) < 4.78 is 6.37. The molecule has 6 nitrogen and oxygen atoms in total. The summed E-state index contributed by atoms with van der Waals surface area (Å²) >= 11 is 1.54. The van der Waals surface area contributed by atoms with Crippen LogP contribution in [0.2, 0.25) is 0 Å². The van der Waals surface area contributed by atoms with Gasteiger partial charge >= 0.3 is 0 Å². The molecule has 7 heteroatoms. The highest BCUT2D eigenvalue weighted by Gasteiger charge is 2.17. The molecule has 1 atom stereocenters. The molecule has 0 saturated carbocycles. The van der Waals surface area contributed by atoms with E-state index in [0.717, 1.165) is 16.2 Å². The first-order chi connectivity index (χ1) is 13.1. The molecule has 1 amide bonds. The first-order valence-corrected chi connectivity index (χ1v) is 9.51. The van der Waals surface area contributed by atoms with Crippen LogP contribution >= 0.6 is 11.3 Å². The second-order valence-electron chi connectivity index (χ2n) is 6.04. The third-order valence-electron chi connectivity index (χ3n) is 4.22. The maximum absolute atomic E-state index is 12.5. The highest BCUT2D eigenvalue weighted by atomic mass is 32.1. The minimum absolute atomic E-state index is 0.235. The van der Waals surface area contributed by atoms with Crippen molar-refractivity contribution in [3.05, 3.63) is 69.8 Å². The van der Waals surface area contributed by atoms with Crippen LogP contribution < -0.4 is 15.6 Å². The minimum Gasteiger partial charge on any atom is -0.497 e. The highest BCUT2D eigenvalue weighted by molar-refractivity contribution is 7.13. The van der Waals surface area contributed by atoms with E-state index in [2.05, 4.69) is 10.4 Å². The van der Waals surface area contributed by atoms with Gasteiger partial charge < -0.3 is 10.1 Å². The lowest BCUT2D eigenvalue weighted by molar-refractivity contribution is -0.124.